The Morgan fingerprint density at radius 1 is 1.32 bits per heavy atom. The molecule has 4 nitrogen and oxygen atoms in total. The summed E-state index contributed by atoms with van der Waals surface area (Å²) < 4.78 is 6.48. The molecule has 108 valence electrons. The molecular weight excluding hydrogens is 310 g/mol. The van der Waals surface area contributed by atoms with Gasteiger partial charge >= 0.3 is 0 Å². The van der Waals surface area contributed by atoms with Crippen molar-refractivity contribution < 1.29 is 14.9 Å². The number of rotatable bonds is 8. The molecule has 0 aromatic heterocycles. The molecule has 1 aromatic rings. The van der Waals surface area contributed by atoms with Crippen LogP contribution in [0.2, 0.25) is 0 Å². The van der Waals surface area contributed by atoms with E-state index in [0.717, 1.165) is 10.2 Å². The zero-order valence-electron chi connectivity index (χ0n) is 11.4. The molecule has 1 unspecified atom stereocenters. The summed E-state index contributed by atoms with van der Waals surface area (Å²) in [6, 6.07) is 7.48. The summed E-state index contributed by atoms with van der Waals surface area (Å²) >= 11 is 3.35. The van der Waals surface area contributed by atoms with Crippen LogP contribution in [0.4, 0.5) is 0 Å². The Kier molecular flexibility index (Phi) is 6.79. The lowest BCUT2D eigenvalue weighted by Gasteiger charge is -2.27. The van der Waals surface area contributed by atoms with Crippen molar-refractivity contribution in [2.75, 3.05) is 19.8 Å². The number of hydrogen-bond acceptors (Lipinski definition) is 4. The van der Waals surface area contributed by atoms with Gasteiger partial charge in [-0.25, -0.2) is 0 Å². The minimum Gasteiger partial charge on any atom is -0.491 e. The van der Waals surface area contributed by atoms with Crippen molar-refractivity contribution in [1.29, 1.82) is 0 Å². The van der Waals surface area contributed by atoms with Crippen LogP contribution in [0.15, 0.2) is 28.7 Å². The molecule has 0 aliphatic carbocycles. The van der Waals surface area contributed by atoms with Crippen molar-refractivity contribution in [3.63, 3.8) is 0 Å². The topological polar surface area (TPSA) is 61.7 Å². The van der Waals surface area contributed by atoms with Gasteiger partial charge in [-0.1, -0.05) is 15.9 Å². The van der Waals surface area contributed by atoms with Crippen LogP contribution in [0.3, 0.4) is 0 Å². The van der Waals surface area contributed by atoms with Crippen LogP contribution in [0.1, 0.15) is 20.3 Å². The maximum Gasteiger partial charge on any atom is 0.119 e. The van der Waals surface area contributed by atoms with Gasteiger partial charge in [-0.3, -0.25) is 0 Å². The van der Waals surface area contributed by atoms with Gasteiger partial charge in [0.1, 0.15) is 18.5 Å². The molecule has 0 spiro atoms. The monoisotopic (exact) mass is 331 g/mol. The maximum atomic E-state index is 9.84. The number of aliphatic hydroxyl groups excluding tert-OH is 2. The fraction of sp³-hybridized carbons (Fsp3) is 0.571. The number of β-amino-alcohol motifs (C(OH)–C–C–N with tert-alkyl or cyclic N) is 1. The van der Waals surface area contributed by atoms with E-state index in [4.69, 9.17) is 9.84 Å². The van der Waals surface area contributed by atoms with Crippen molar-refractivity contribution in [3.8, 4) is 5.75 Å². The standard InChI is InChI=1S/C14H22BrNO3/c1-14(2,7-8-17)16-9-12(18)10-19-13-5-3-11(15)4-6-13/h3-6,12,16-18H,7-10H2,1-2H3. The van der Waals surface area contributed by atoms with Gasteiger partial charge in [0.25, 0.3) is 0 Å². The predicted molar refractivity (Wildman–Crippen MR) is 79.4 cm³/mol. The molecular formula is C14H22BrNO3. The maximum absolute atomic E-state index is 9.84. The Morgan fingerprint density at radius 2 is 1.95 bits per heavy atom. The molecule has 1 rings (SSSR count). The van der Waals surface area contributed by atoms with Crippen LogP contribution in [0.5, 0.6) is 5.75 Å². The smallest absolute Gasteiger partial charge is 0.119 e. The molecule has 0 radical (unpaired) electrons. The van der Waals surface area contributed by atoms with Crippen molar-refractivity contribution >= 4 is 15.9 Å². The second kappa shape index (κ2) is 7.85. The van der Waals surface area contributed by atoms with Gasteiger partial charge in [0, 0.05) is 23.2 Å². The lowest BCUT2D eigenvalue weighted by Crippen LogP contribution is -2.45. The molecule has 5 heteroatoms. The Hall–Kier alpha value is -0.620. The normalized spacial score (nSPS) is 13.3. The highest BCUT2D eigenvalue weighted by Gasteiger charge is 2.17. The van der Waals surface area contributed by atoms with E-state index in [0.29, 0.717) is 13.0 Å². The highest BCUT2D eigenvalue weighted by molar-refractivity contribution is 9.10. The third-order valence-electron chi connectivity index (χ3n) is 2.81. The lowest BCUT2D eigenvalue weighted by molar-refractivity contribution is 0.0960. The largest absolute Gasteiger partial charge is 0.491 e. The molecule has 1 aromatic carbocycles. The zero-order valence-corrected chi connectivity index (χ0v) is 13.0. The lowest BCUT2D eigenvalue weighted by atomic mass is 10.0. The Labute approximate surface area is 122 Å². The van der Waals surface area contributed by atoms with Crippen molar-refractivity contribution in [1.82, 2.24) is 5.32 Å². The SMILES string of the molecule is CC(C)(CCO)NCC(O)COc1ccc(Br)cc1. The van der Waals surface area contributed by atoms with Crippen LogP contribution in [-0.2, 0) is 0 Å². The van der Waals surface area contributed by atoms with Gasteiger partial charge in [-0.15, -0.1) is 0 Å². The number of benzene rings is 1. The van der Waals surface area contributed by atoms with Gasteiger partial charge in [0.15, 0.2) is 0 Å². The molecule has 0 amide bonds. The molecule has 0 heterocycles. The second-order valence-corrected chi connectivity index (χ2v) is 6.07. The molecule has 0 aliphatic heterocycles. The summed E-state index contributed by atoms with van der Waals surface area (Å²) in [7, 11) is 0. The molecule has 0 aliphatic rings. The number of halogens is 1. The summed E-state index contributed by atoms with van der Waals surface area (Å²) in [6.07, 6.45) is 0.0643. The van der Waals surface area contributed by atoms with Gasteiger partial charge in [-0.05, 0) is 44.5 Å². The van der Waals surface area contributed by atoms with Crippen LogP contribution in [-0.4, -0.2) is 41.6 Å². The molecule has 0 fully saturated rings. The molecule has 19 heavy (non-hydrogen) atoms. The first-order valence-electron chi connectivity index (χ1n) is 6.35. The molecule has 0 bridgehead atoms. The van der Waals surface area contributed by atoms with E-state index in [9.17, 15) is 5.11 Å². The third kappa shape index (κ3) is 6.92. The average Bonchev–Trinajstić information content (AvgIpc) is 2.36. The van der Waals surface area contributed by atoms with Gasteiger partial charge in [0.2, 0.25) is 0 Å². The third-order valence-corrected chi connectivity index (χ3v) is 3.34. The molecule has 0 saturated carbocycles. The summed E-state index contributed by atoms with van der Waals surface area (Å²) in [5.74, 6) is 0.733. The van der Waals surface area contributed by atoms with E-state index in [1.807, 2.05) is 38.1 Å². The molecule has 1 atom stereocenters. The van der Waals surface area contributed by atoms with Crippen LogP contribution in [0.25, 0.3) is 0 Å². The first-order valence-corrected chi connectivity index (χ1v) is 7.14. The predicted octanol–water partition coefficient (Wildman–Crippen LogP) is 1.94. The van der Waals surface area contributed by atoms with Crippen LogP contribution in [0, 0.1) is 0 Å². The molecule has 3 N–H and O–H groups in total. The molecule has 0 saturated heterocycles. The van der Waals surface area contributed by atoms with E-state index in [1.54, 1.807) is 0 Å². The second-order valence-electron chi connectivity index (χ2n) is 5.16. The highest BCUT2D eigenvalue weighted by Crippen LogP contribution is 2.16. The summed E-state index contributed by atoms with van der Waals surface area (Å²) in [5, 5.41) is 22.0. The fourth-order valence-corrected chi connectivity index (χ4v) is 1.81. The van der Waals surface area contributed by atoms with E-state index >= 15 is 0 Å². The minimum atomic E-state index is -0.582. The van der Waals surface area contributed by atoms with Gasteiger partial charge in [-0.2, -0.15) is 0 Å². The van der Waals surface area contributed by atoms with E-state index in [-0.39, 0.29) is 18.8 Å². The van der Waals surface area contributed by atoms with Crippen molar-refractivity contribution in [2.24, 2.45) is 0 Å². The van der Waals surface area contributed by atoms with Crippen LogP contribution >= 0.6 is 15.9 Å². The van der Waals surface area contributed by atoms with Gasteiger partial charge < -0.3 is 20.3 Å². The number of hydrogen-bond donors (Lipinski definition) is 3. The van der Waals surface area contributed by atoms with Crippen molar-refractivity contribution in [3.05, 3.63) is 28.7 Å². The van der Waals surface area contributed by atoms with Gasteiger partial charge in [0.05, 0.1) is 0 Å². The zero-order chi connectivity index (χ0) is 14.3. The van der Waals surface area contributed by atoms with Crippen molar-refractivity contribution in [2.45, 2.75) is 31.9 Å². The van der Waals surface area contributed by atoms with E-state index in [2.05, 4.69) is 21.2 Å². The Bertz CT molecular complexity index is 367. The number of aliphatic hydroxyl groups is 2. The number of ether oxygens (including phenoxy) is 1. The van der Waals surface area contributed by atoms with E-state index < -0.39 is 6.10 Å². The quantitative estimate of drug-likeness (QED) is 0.681. The summed E-state index contributed by atoms with van der Waals surface area (Å²) in [4.78, 5) is 0. The Balaban J connectivity index is 2.28. The fourth-order valence-electron chi connectivity index (χ4n) is 1.54. The summed E-state index contributed by atoms with van der Waals surface area (Å²) in [6.45, 7) is 4.79. The number of nitrogens with one attached hydrogen (secondary N) is 1. The highest BCUT2D eigenvalue weighted by atomic mass is 79.9. The minimum absolute atomic E-state index is 0.130. The Morgan fingerprint density at radius 3 is 2.53 bits per heavy atom. The first kappa shape index (κ1) is 16.4. The average molecular weight is 332 g/mol. The van der Waals surface area contributed by atoms with E-state index in [1.165, 1.54) is 0 Å². The van der Waals surface area contributed by atoms with Crippen LogP contribution < -0.4 is 10.1 Å². The first-order chi connectivity index (χ1) is 8.93. The summed E-state index contributed by atoms with van der Waals surface area (Å²) in [5.41, 5.74) is -0.187.